The Labute approximate surface area is 332 Å². The van der Waals surface area contributed by atoms with E-state index in [1.165, 1.54) is 215 Å². The number of hydrogen-bond acceptors (Lipinski definition) is 4. The fourth-order valence-electron chi connectivity index (χ4n) is 13.4. The predicted molar refractivity (Wildman–Crippen MR) is 237 cm³/mol. The minimum absolute atomic E-state index is 0.865. The summed E-state index contributed by atoms with van der Waals surface area (Å²) in [4.78, 5) is 4.79. The summed E-state index contributed by atoms with van der Waals surface area (Å²) in [5.41, 5.74) is 10.4. The molecule has 0 radical (unpaired) electrons. The molecule has 8 rings (SSSR count). The Kier molecular flexibility index (Phi) is 13.6. The van der Waals surface area contributed by atoms with Crippen LogP contribution < -0.4 is 0 Å². The first-order valence-corrected chi connectivity index (χ1v) is 27.7. The third-order valence-electron chi connectivity index (χ3n) is 16.1. The number of likely N-dealkylation sites (N-methyl/N-ethyl adjacent to an activating group) is 2. The lowest BCUT2D eigenvalue weighted by Gasteiger charge is -2.49. The smallest absolute Gasteiger partial charge is 0.0667 e. The van der Waals surface area contributed by atoms with Crippen molar-refractivity contribution < 1.29 is 0 Å². The monoisotopic (exact) mass is 773 g/mol. The number of allylic oxidation sites excluding steroid dienone is 4. The summed E-state index contributed by atoms with van der Waals surface area (Å²) in [7, 11) is 1.41. The molecule has 0 atom stereocenters. The van der Waals surface area contributed by atoms with Crippen LogP contribution in [0.2, 0.25) is 0 Å². The van der Waals surface area contributed by atoms with Crippen LogP contribution in [0.15, 0.2) is 69.0 Å². The molecule has 0 aromatic carbocycles. The molecule has 0 N–H and O–H groups in total. The van der Waals surface area contributed by atoms with Crippen LogP contribution in [0, 0.1) is 0 Å². The summed E-state index contributed by atoms with van der Waals surface area (Å²) in [5, 5.41) is 0. The molecule has 0 unspecified atom stereocenters. The zero-order valence-electron chi connectivity index (χ0n) is 34.8. The molecule has 2 heterocycles. The van der Waals surface area contributed by atoms with Crippen LogP contribution in [0.5, 0.6) is 0 Å². The van der Waals surface area contributed by atoms with Crippen molar-refractivity contribution in [3.8, 4) is 0 Å². The lowest BCUT2D eigenvalue weighted by molar-refractivity contribution is 0.455. The molecule has 0 bridgehead atoms. The molecular formula is C48H78N4P2. The summed E-state index contributed by atoms with van der Waals surface area (Å²) >= 11 is 0. The Morgan fingerprint density at radius 3 is 0.815 bits per heavy atom. The van der Waals surface area contributed by atoms with Crippen LogP contribution in [-0.2, 0) is 0 Å². The first-order valence-electron chi connectivity index (χ1n) is 23.8. The quantitative estimate of drug-likeness (QED) is 0.230. The lowest BCUT2D eigenvalue weighted by Crippen LogP contribution is -2.32. The first-order chi connectivity index (χ1) is 26.6. The lowest BCUT2D eigenvalue weighted by atomic mass is 9.99. The minimum atomic E-state index is -1.57. The van der Waals surface area contributed by atoms with Gasteiger partial charge in [0.05, 0.1) is 22.8 Å². The average molecular weight is 773 g/mol. The fraction of sp³-hybridized carbons (Fsp3) is 0.792. The summed E-state index contributed by atoms with van der Waals surface area (Å²) in [6.07, 6.45) is 57.9. The topological polar surface area (TPSA) is 31.2 Å². The van der Waals surface area contributed by atoms with E-state index in [-0.39, 0.29) is 0 Å². The van der Waals surface area contributed by atoms with Crippen molar-refractivity contribution in [2.45, 2.75) is 227 Å². The molecule has 0 aromatic rings. The van der Waals surface area contributed by atoms with Gasteiger partial charge in [0.25, 0.3) is 0 Å². The van der Waals surface area contributed by atoms with Gasteiger partial charge < -0.3 is 9.80 Å². The largest absolute Gasteiger partial charge is 0.349 e. The summed E-state index contributed by atoms with van der Waals surface area (Å²) in [6, 6.07) is 0. The third kappa shape index (κ3) is 8.34. The van der Waals surface area contributed by atoms with Gasteiger partial charge in [-0.15, -0.1) is 0 Å². The van der Waals surface area contributed by atoms with Crippen molar-refractivity contribution in [3.05, 3.63) is 59.5 Å². The van der Waals surface area contributed by atoms with Crippen molar-refractivity contribution in [1.29, 1.82) is 0 Å². The van der Waals surface area contributed by atoms with Gasteiger partial charge in [-0.1, -0.05) is 116 Å². The SMILES string of the molecule is CN1C=CC(N=P(C2CCCCC2)(C2CCCCC2)C2CCCCC2)=C/C1=C1/C=C(N=P(C2CCCCC2)(C2CCCCC2)C2CCCCC2)C=CN1C. The van der Waals surface area contributed by atoms with Gasteiger partial charge in [-0.05, 0) is 149 Å². The second-order valence-electron chi connectivity index (χ2n) is 19.3. The summed E-state index contributed by atoms with van der Waals surface area (Å²) < 4.78 is 12.7. The molecule has 4 nitrogen and oxygen atoms in total. The van der Waals surface area contributed by atoms with E-state index in [2.05, 4.69) is 60.6 Å². The second kappa shape index (κ2) is 18.6. The Morgan fingerprint density at radius 2 is 0.593 bits per heavy atom. The molecule has 0 aromatic heterocycles. The van der Waals surface area contributed by atoms with E-state index < -0.39 is 14.1 Å². The minimum Gasteiger partial charge on any atom is -0.349 e. The molecule has 8 aliphatic rings. The van der Waals surface area contributed by atoms with E-state index >= 15 is 0 Å². The zero-order valence-corrected chi connectivity index (χ0v) is 36.6. The van der Waals surface area contributed by atoms with Crippen LogP contribution >= 0.6 is 14.1 Å². The van der Waals surface area contributed by atoms with Gasteiger partial charge in [-0.3, -0.25) is 9.49 Å². The van der Waals surface area contributed by atoms with Crippen LogP contribution in [0.25, 0.3) is 0 Å². The van der Waals surface area contributed by atoms with E-state index in [4.69, 9.17) is 9.49 Å². The summed E-state index contributed by atoms with van der Waals surface area (Å²) in [5.74, 6) is 0. The van der Waals surface area contributed by atoms with Gasteiger partial charge in [0.1, 0.15) is 0 Å². The standard InChI is InChI=1S/C48H78N4P2/c1-51-35-33-39(49-53(41-21-9-3-10-22-41,42-23-11-4-12-24-42)43-25-13-5-14-26-43)37-47(51)48-38-40(34-36-52(48)2)50-54(44-27-15-6-16-28-44,45-29-17-7-18-30-45)46-31-19-8-20-32-46/h33-38,41-46H,3-32H2,1-2H3/b48-47+. The van der Waals surface area contributed by atoms with Gasteiger partial charge in [-0.25, -0.2) is 0 Å². The molecule has 0 saturated heterocycles. The highest BCUT2D eigenvalue weighted by Gasteiger charge is 2.46. The third-order valence-corrected chi connectivity index (χ3v) is 27.3. The van der Waals surface area contributed by atoms with Crippen LogP contribution in [-0.4, -0.2) is 57.8 Å². The normalized spacial score (nSPS) is 28.6. The van der Waals surface area contributed by atoms with Crippen molar-refractivity contribution in [2.24, 2.45) is 9.49 Å². The Bertz CT molecular complexity index is 1310. The van der Waals surface area contributed by atoms with Crippen molar-refractivity contribution >= 4 is 14.1 Å². The van der Waals surface area contributed by atoms with Gasteiger partial charge in [-0.2, -0.15) is 0 Å². The van der Waals surface area contributed by atoms with Crippen LogP contribution in [0.3, 0.4) is 0 Å². The maximum atomic E-state index is 6.35. The van der Waals surface area contributed by atoms with E-state index in [0.29, 0.717) is 0 Å². The van der Waals surface area contributed by atoms with Crippen LogP contribution in [0.1, 0.15) is 193 Å². The summed E-state index contributed by atoms with van der Waals surface area (Å²) in [6.45, 7) is 0. The molecule has 6 aliphatic carbocycles. The predicted octanol–water partition coefficient (Wildman–Crippen LogP) is 15.3. The van der Waals surface area contributed by atoms with E-state index in [1.807, 2.05) is 0 Å². The highest BCUT2D eigenvalue weighted by atomic mass is 31.2. The maximum Gasteiger partial charge on any atom is 0.0667 e. The van der Waals surface area contributed by atoms with Crippen molar-refractivity contribution in [1.82, 2.24) is 9.80 Å². The van der Waals surface area contributed by atoms with E-state index in [9.17, 15) is 0 Å². The van der Waals surface area contributed by atoms with Gasteiger partial charge >= 0.3 is 0 Å². The van der Waals surface area contributed by atoms with Crippen LogP contribution in [0.4, 0.5) is 0 Å². The first kappa shape index (κ1) is 39.6. The number of rotatable bonds is 8. The molecule has 2 aliphatic heterocycles. The van der Waals surface area contributed by atoms with Crippen molar-refractivity contribution in [3.63, 3.8) is 0 Å². The Balaban J connectivity index is 1.25. The molecular weight excluding hydrogens is 695 g/mol. The maximum absolute atomic E-state index is 6.35. The molecule has 54 heavy (non-hydrogen) atoms. The molecule has 300 valence electrons. The fourth-order valence-corrected chi connectivity index (χ4v) is 26.2. The Hall–Kier alpha value is -1.24. The number of hydrogen-bond donors (Lipinski definition) is 0. The molecule has 6 heteroatoms. The van der Waals surface area contributed by atoms with Gasteiger partial charge in [0.15, 0.2) is 0 Å². The van der Waals surface area contributed by atoms with Gasteiger partial charge in [0.2, 0.25) is 0 Å². The highest BCUT2D eigenvalue weighted by molar-refractivity contribution is 7.69. The van der Waals surface area contributed by atoms with E-state index in [0.717, 1.165) is 34.0 Å². The number of nitrogens with zero attached hydrogens (tertiary/aromatic N) is 4. The van der Waals surface area contributed by atoms with Gasteiger partial charge in [0, 0.05) is 26.5 Å². The van der Waals surface area contributed by atoms with Crippen molar-refractivity contribution in [2.75, 3.05) is 14.1 Å². The zero-order chi connectivity index (χ0) is 36.8. The highest BCUT2D eigenvalue weighted by Crippen LogP contribution is 2.73. The molecule has 6 fully saturated rings. The van der Waals surface area contributed by atoms with E-state index in [1.54, 1.807) is 0 Å². The molecule has 0 amide bonds. The Morgan fingerprint density at radius 1 is 0.370 bits per heavy atom. The molecule has 6 saturated carbocycles. The average Bonchev–Trinajstić information content (AvgIpc) is 3.25. The molecule has 0 spiro atoms. The second-order valence-corrected chi connectivity index (χ2v) is 27.3.